The molecule has 0 fully saturated rings. The average Bonchev–Trinajstić information content (AvgIpc) is 2.41. The maximum atomic E-state index is 11.7. The van der Waals surface area contributed by atoms with Gasteiger partial charge in [0.15, 0.2) is 0 Å². The third-order valence-electron chi connectivity index (χ3n) is 2.43. The Morgan fingerprint density at radius 1 is 1.50 bits per heavy atom. The van der Waals surface area contributed by atoms with Crippen molar-refractivity contribution in [3.63, 3.8) is 0 Å². The van der Waals surface area contributed by atoms with Crippen LogP contribution in [0.25, 0.3) is 0 Å². The Bertz CT molecular complexity index is 473. The number of rotatable bonds is 7. The number of pyridine rings is 1. The van der Waals surface area contributed by atoms with Gasteiger partial charge in [-0.25, -0.2) is 9.59 Å². The number of urea groups is 1. The number of hydrogen-bond acceptors (Lipinski definition) is 4. The minimum absolute atomic E-state index is 0.285. The number of carboxylic acid groups (broad SMARTS) is 1. The highest BCUT2D eigenvalue weighted by molar-refractivity contribution is 9.10. The van der Waals surface area contributed by atoms with Crippen molar-refractivity contribution in [1.29, 1.82) is 0 Å². The van der Waals surface area contributed by atoms with Gasteiger partial charge in [0.05, 0.1) is 0 Å². The smallest absolute Gasteiger partial charge is 0.326 e. The molecule has 0 radical (unpaired) electrons. The van der Waals surface area contributed by atoms with Crippen LogP contribution >= 0.6 is 27.7 Å². The largest absolute Gasteiger partial charge is 0.480 e. The summed E-state index contributed by atoms with van der Waals surface area (Å²) < 4.78 is 0.820. The number of hydrogen-bond donors (Lipinski definition) is 3. The lowest BCUT2D eigenvalue weighted by Gasteiger charge is -2.14. The molecule has 0 saturated carbocycles. The molecule has 20 heavy (non-hydrogen) atoms. The number of halogens is 1. The van der Waals surface area contributed by atoms with E-state index in [9.17, 15) is 9.59 Å². The summed E-state index contributed by atoms with van der Waals surface area (Å²) in [6.07, 6.45) is 5.56. The molecule has 1 aromatic heterocycles. The number of carboxylic acids is 1. The Hall–Kier alpha value is -1.28. The van der Waals surface area contributed by atoms with Crippen molar-refractivity contribution in [2.75, 3.05) is 12.0 Å². The van der Waals surface area contributed by atoms with Gasteiger partial charge in [-0.05, 0) is 46.0 Å². The van der Waals surface area contributed by atoms with Gasteiger partial charge >= 0.3 is 12.0 Å². The van der Waals surface area contributed by atoms with Gasteiger partial charge in [0.1, 0.15) is 6.04 Å². The summed E-state index contributed by atoms with van der Waals surface area (Å²) in [4.78, 5) is 26.6. The summed E-state index contributed by atoms with van der Waals surface area (Å²) in [5, 5.41) is 14.1. The van der Waals surface area contributed by atoms with Crippen molar-refractivity contribution in [3.8, 4) is 0 Å². The molecule has 0 aliphatic carbocycles. The second kappa shape index (κ2) is 8.80. The first-order valence-corrected chi connectivity index (χ1v) is 8.07. The van der Waals surface area contributed by atoms with Crippen molar-refractivity contribution in [2.24, 2.45) is 0 Å². The molecule has 0 saturated heterocycles. The molecule has 1 heterocycles. The summed E-state index contributed by atoms with van der Waals surface area (Å²) in [5.41, 5.74) is 0.825. The Kier molecular flexibility index (Phi) is 7.38. The molecule has 3 N–H and O–H groups in total. The van der Waals surface area contributed by atoms with Crippen molar-refractivity contribution in [2.45, 2.75) is 19.0 Å². The lowest BCUT2D eigenvalue weighted by molar-refractivity contribution is -0.139. The standard InChI is InChI=1S/C12H16BrN3O3S/c1-20-3-2-10(11(17)18)16-12(19)15-6-8-4-9(13)7-14-5-8/h4-5,7,10H,2-3,6H2,1H3,(H,17,18)(H2,15,16,19). The van der Waals surface area contributed by atoms with Crippen LogP contribution in [0.2, 0.25) is 0 Å². The Labute approximate surface area is 129 Å². The van der Waals surface area contributed by atoms with Crippen molar-refractivity contribution < 1.29 is 14.7 Å². The number of amides is 2. The van der Waals surface area contributed by atoms with E-state index < -0.39 is 18.0 Å². The topological polar surface area (TPSA) is 91.3 Å². The average molecular weight is 362 g/mol. The van der Waals surface area contributed by atoms with E-state index in [4.69, 9.17) is 5.11 Å². The summed E-state index contributed by atoms with van der Waals surface area (Å²) in [6, 6.07) is 0.455. The van der Waals surface area contributed by atoms with Crippen LogP contribution in [0.5, 0.6) is 0 Å². The summed E-state index contributed by atoms with van der Waals surface area (Å²) >= 11 is 4.82. The van der Waals surface area contributed by atoms with Crippen molar-refractivity contribution in [3.05, 3.63) is 28.5 Å². The number of carbonyl (C=O) groups excluding carboxylic acids is 1. The fourth-order valence-electron chi connectivity index (χ4n) is 1.44. The zero-order chi connectivity index (χ0) is 15.0. The third-order valence-corrected chi connectivity index (χ3v) is 3.51. The highest BCUT2D eigenvalue weighted by Gasteiger charge is 2.18. The maximum Gasteiger partial charge on any atom is 0.326 e. The highest BCUT2D eigenvalue weighted by Crippen LogP contribution is 2.09. The van der Waals surface area contributed by atoms with E-state index in [0.717, 1.165) is 10.0 Å². The van der Waals surface area contributed by atoms with Gasteiger partial charge in [0, 0.05) is 23.4 Å². The zero-order valence-electron chi connectivity index (χ0n) is 10.9. The summed E-state index contributed by atoms with van der Waals surface area (Å²) in [7, 11) is 0. The van der Waals surface area contributed by atoms with Crippen LogP contribution in [0.15, 0.2) is 22.9 Å². The number of carbonyl (C=O) groups is 2. The minimum atomic E-state index is -1.03. The second-order valence-electron chi connectivity index (χ2n) is 4.01. The quantitative estimate of drug-likeness (QED) is 0.689. The van der Waals surface area contributed by atoms with Crippen LogP contribution in [0, 0.1) is 0 Å². The Morgan fingerprint density at radius 2 is 2.25 bits per heavy atom. The van der Waals surface area contributed by atoms with E-state index in [1.807, 2.05) is 12.3 Å². The number of nitrogens with one attached hydrogen (secondary N) is 2. The molecule has 6 nitrogen and oxygen atoms in total. The number of thioether (sulfide) groups is 1. The molecule has 0 bridgehead atoms. The van der Waals surface area contributed by atoms with Gasteiger partial charge in [0.25, 0.3) is 0 Å². The fraction of sp³-hybridized carbons (Fsp3) is 0.417. The predicted molar refractivity (Wildman–Crippen MR) is 81.7 cm³/mol. The maximum absolute atomic E-state index is 11.7. The molecule has 110 valence electrons. The van der Waals surface area contributed by atoms with Crippen LogP contribution in [0.3, 0.4) is 0 Å². The highest BCUT2D eigenvalue weighted by atomic mass is 79.9. The monoisotopic (exact) mass is 361 g/mol. The molecule has 0 spiro atoms. The molecule has 0 aliphatic heterocycles. The van der Waals surface area contributed by atoms with Gasteiger partial charge in [-0.15, -0.1) is 0 Å². The fourth-order valence-corrected chi connectivity index (χ4v) is 2.32. The van der Waals surface area contributed by atoms with Gasteiger partial charge in [-0.2, -0.15) is 11.8 Å². The zero-order valence-corrected chi connectivity index (χ0v) is 13.3. The molecule has 2 amide bonds. The lowest BCUT2D eigenvalue weighted by atomic mass is 10.2. The Morgan fingerprint density at radius 3 is 2.85 bits per heavy atom. The molecule has 1 unspecified atom stereocenters. The summed E-state index contributed by atoms with van der Waals surface area (Å²) in [5.74, 6) is -0.356. The lowest BCUT2D eigenvalue weighted by Crippen LogP contribution is -2.46. The van der Waals surface area contributed by atoms with E-state index in [2.05, 4.69) is 31.5 Å². The third kappa shape index (κ3) is 6.25. The van der Waals surface area contributed by atoms with Crippen LogP contribution in [0.1, 0.15) is 12.0 Å². The number of aliphatic carboxylic acids is 1. The molecular formula is C12H16BrN3O3S. The SMILES string of the molecule is CSCCC(NC(=O)NCc1cncc(Br)c1)C(=O)O. The Balaban J connectivity index is 2.43. The molecule has 0 aliphatic rings. The van der Waals surface area contributed by atoms with Crippen LogP contribution in [-0.2, 0) is 11.3 Å². The van der Waals surface area contributed by atoms with E-state index in [1.54, 1.807) is 12.4 Å². The van der Waals surface area contributed by atoms with Gasteiger partial charge in [0.2, 0.25) is 0 Å². The molecule has 8 heteroatoms. The van der Waals surface area contributed by atoms with E-state index >= 15 is 0 Å². The van der Waals surface area contributed by atoms with Crippen molar-refractivity contribution in [1.82, 2.24) is 15.6 Å². The number of nitrogens with zero attached hydrogens (tertiary/aromatic N) is 1. The van der Waals surface area contributed by atoms with E-state index in [-0.39, 0.29) is 6.54 Å². The van der Waals surface area contributed by atoms with E-state index in [1.165, 1.54) is 11.8 Å². The first-order chi connectivity index (χ1) is 9.52. The predicted octanol–water partition coefficient (Wildman–Crippen LogP) is 1.85. The molecule has 1 rings (SSSR count). The minimum Gasteiger partial charge on any atom is -0.480 e. The normalized spacial score (nSPS) is 11.7. The molecule has 1 atom stereocenters. The van der Waals surface area contributed by atoms with Crippen LogP contribution < -0.4 is 10.6 Å². The summed E-state index contributed by atoms with van der Waals surface area (Å²) in [6.45, 7) is 0.285. The van der Waals surface area contributed by atoms with Gasteiger partial charge < -0.3 is 15.7 Å². The van der Waals surface area contributed by atoms with Gasteiger partial charge in [-0.3, -0.25) is 4.98 Å². The molecular weight excluding hydrogens is 346 g/mol. The first-order valence-electron chi connectivity index (χ1n) is 5.88. The molecule has 0 aromatic carbocycles. The number of aromatic nitrogens is 1. The van der Waals surface area contributed by atoms with Crippen LogP contribution in [0.4, 0.5) is 4.79 Å². The van der Waals surface area contributed by atoms with Crippen molar-refractivity contribution >= 4 is 39.7 Å². The van der Waals surface area contributed by atoms with E-state index in [0.29, 0.717) is 12.2 Å². The second-order valence-corrected chi connectivity index (χ2v) is 5.91. The molecule has 1 aromatic rings. The van der Waals surface area contributed by atoms with Gasteiger partial charge in [-0.1, -0.05) is 0 Å². The van der Waals surface area contributed by atoms with Crippen LogP contribution in [-0.4, -0.2) is 40.1 Å². The first kappa shape index (κ1) is 16.8.